The maximum atomic E-state index is 6.41. The van der Waals surface area contributed by atoms with E-state index >= 15 is 0 Å². The minimum atomic E-state index is -1.04. The third-order valence-electron chi connectivity index (χ3n) is 14.5. The van der Waals surface area contributed by atoms with Crippen LogP contribution >= 0.6 is 19.8 Å². The molecule has 0 radical (unpaired) electrons. The monoisotopic (exact) mass is 965 g/mol. The summed E-state index contributed by atoms with van der Waals surface area (Å²) in [5.74, 6) is 0. The molecule has 1 aromatic heterocycles. The molecule has 10 aromatic rings. The van der Waals surface area contributed by atoms with Gasteiger partial charge in [-0.2, -0.15) is 0 Å². The normalized spacial score (nSPS) is 14.2. The first-order valence-corrected chi connectivity index (χ1v) is 28.9. The fourth-order valence-electron chi connectivity index (χ4n) is 11.1. The number of halogens is 1. The summed E-state index contributed by atoms with van der Waals surface area (Å²) in [6.07, 6.45) is 0. The second-order valence-corrected chi connectivity index (χ2v) is 25.4. The van der Waals surface area contributed by atoms with Crippen molar-refractivity contribution >= 4 is 58.8 Å². The van der Waals surface area contributed by atoms with Crippen molar-refractivity contribution in [3.63, 3.8) is 0 Å². The molecule has 0 atom stereocenters. The standard InChI is InChI=1S/C63H52INO/c1-62(2)55-21-12-10-17-49(55)53-37-57-54(38-56(53)62)60-52(35-40(39-64(5)6)36-58(60)63(57,3)4)44-25-23-41(24-26-44)42-27-31-46(32-28-42)65(45-15-8-7-9-16-45)47-33-29-43(30-34-47)48-19-14-20-51-50-18-11-13-22-59(50)66-61(48)51/h7-38H,39H2,1-6H3. The van der Waals surface area contributed by atoms with E-state index in [0.717, 1.165) is 50.1 Å². The quantitative estimate of drug-likeness (QED) is 0.111. The van der Waals surface area contributed by atoms with E-state index in [1.54, 1.807) is 0 Å². The number of fused-ring (bicyclic) bond motifs is 9. The van der Waals surface area contributed by atoms with Gasteiger partial charge in [0.25, 0.3) is 0 Å². The van der Waals surface area contributed by atoms with Gasteiger partial charge in [-0.25, -0.2) is 0 Å². The fraction of sp³-hybridized carbons (Fsp3) is 0.143. The summed E-state index contributed by atoms with van der Waals surface area (Å²) in [6.45, 7) is 9.69. The Bertz CT molecular complexity index is 3500. The number of rotatable bonds is 8. The topological polar surface area (TPSA) is 16.4 Å². The summed E-state index contributed by atoms with van der Waals surface area (Å²) >= 11 is -1.04. The van der Waals surface area contributed by atoms with Crippen molar-refractivity contribution in [2.45, 2.75) is 43.0 Å². The van der Waals surface area contributed by atoms with Crippen molar-refractivity contribution in [1.82, 2.24) is 0 Å². The van der Waals surface area contributed by atoms with Gasteiger partial charge in [0.1, 0.15) is 11.2 Å². The van der Waals surface area contributed by atoms with Crippen LogP contribution in [0.5, 0.6) is 0 Å². The molecule has 0 bridgehead atoms. The number of anilines is 3. The Morgan fingerprint density at radius 3 is 1.67 bits per heavy atom. The SMILES string of the molecule is CI(C)Cc1cc(-c2ccc(-c3ccc(N(c4ccccc4)c4ccc(-c5cccc6c5oc5ccccc56)cc4)cc3)cc2)c2c(c1)C(C)(C)c1cc3c(cc1-2)C(C)(C)c1ccccc1-3. The molecule has 3 heteroatoms. The number of alkyl halides is 3. The van der Waals surface area contributed by atoms with E-state index in [1.165, 1.54) is 76.8 Å². The molecule has 2 nitrogen and oxygen atoms in total. The Morgan fingerprint density at radius 1 is 0.409 bits per heavy atom. The Balaban J connectivity index is 0.886. The zero-order valence-electron chi connectivity index (χ0n) is 38.4. The predicted octanol–water partition coefficient (Wildman–Crippen LogP) is 17.9. The van der Waals surface area contributed by atoms with Gasteiger partial charge in [-0.3, -0.25) is 0 Å². The number of para-hydroxylation sites is 3. The summed E-state index contributed by atoms with van der Waals surface area (Å²) in [7, 11) is 0. The second kappa shape index (κ2) is 15.5. The molecule has 0 spiro atoms. The van der Waals surface area contributed by atoms with Crippen molar-refractivity contribution < 1.29 is 4.42 Å². The van der Waals surface area contributed by atoms with Crippen molar-refractivity contribution in [3.05, 3.63) is 222 Å². The fourth-order valence-corrected chi connectivity index (χ4v) is 13.4. The molecule has 0 N–H and O–H groups in total. The molecule has 0 fully saturated rings. The number of furan rings is 1. The van der Waals surface area contributed by atoms with Crippen LogP contribution in [0.15, 0.2) is 199 Å². The second-order valence-electron chi connectivity index (χ2n) is 19.5. The van der Waals surface area contributed by atoms with E-state index in [1.807, 2.05) is 12.1 Å². The van der Waals surface area contributed by atoms with Crippen LogP contribution in [0.3, 0.4) is 0 Å². The molecule has 12 rings (SSSR count). The number of hydrogen-bond acceptors (Lipinski definition) is 2. The molecule has 0 amide bonds. The molecular formula is C63H52INO. The maximum absolute atomic E-state index is 6.41. The number of nitrogens with zero attached hydrogens (tertiary/aromatic N) is 1. The van der Waals surface area contributed by atoms with Gasteiger partial charge in [0.2, 0.25) is 0 Å². The summed E-state index contributed by atoms with van der Waals surface area (Å²) < 4.78 is 7.61. The molecular weight excluding hydrogens is 914 g/mol. The molecule has 1 heterocycles. The van der Waals surface area contributed by atoms with E-state index in [0.29, 0.717) is 0 Å². The Hall–Kier alpha value is -6.69. The van der Waals surface area contributed by atoms with E-state index < -0.39 is 19.8 Å². The van der Waals surface area contributed by atoms with Crippen LogP contribution < -0.4 is 4.90 Å². The van der Waals surface area contributed by atoms with Gasteiger partial charge in [-0.15, -0.1) is 0 Å². The van der Waals surface area contributed by atoms with Crippen LogP contribution in [0.1, 0.15) is 55.5 Å². The third-order valence-corrected chi connectivity index (χ3v) is 16.9. The van der Waals surface area contributed by atoms with Crippen molar-refractivity contribution in [2.24, 2.45) is 0 Å². The van der Waals surface area contributed by atoms with E-state index in [9.17, 15) is 0 Å². The molecule has 0 aliphatic heterocycles. The predicted molar refractivity (Wildman–Crippen MR) is 289 cm³/mol. The molecule has 2 aliphatic rings. The van der Waals surface area contributed by atoms with Crippen LogP contribution in [0.25, 0.3) is 77.6 Å². The van der Waals surface area contributed by atoms with E-state index in [-0.39, 0.29) is 10.8 Å². The molecule has 9 aromatic carbocycles. The van der Waals surface area contributed by atoms with Gasteiger partial charge in [0, 0.05) is 27.7 Å². The van der Waals surface area contributed by atoms with Gasteiger partial charge < -0.3 is 9.32 Å². The number of hydrogen-bond donors (Lipinski definition) is 0. The number of benzene rings is 9. The summed E-state index contributed by atoms with van der Waals surface area (Å²) in [4.78, 5) is 7.31. The van der Waals surface area contributed by atoms with Crippen molar-refractivity contribution in [1.29, 1.82) is 0 Å². The first kappa shape index (κ1) is 40.8. The Kier molecular flexibility index (Phi) is 9.55. The van der Waals surface area contributed by atoms with Crippen molar-refractivity contribution in [3.8, 4) is 55.6 Å². The van der Waals surface area contributed by atoms with Crippen LogP contribution in [0, 0.1) is 0 Å². The van der Waals surface area contributed by atoms with E-state index in [4.69, 9.17) is 4.42 Å². The Labute approximate surface area is 396 Å². The van der Waals surface area contributed by atoms with Crippen LogP contribution in [-0.4, -0.2) is 9.86 Å². The molecule has 0 saturated heterocycles. The average molecular weight is 966 g/mol. The summed E-state index contributed by atoms with van der Waals surface area (Å²) in [5.41, 5.74) is 25.1. The molecule has 66 heavy (non-hydrogen) atoms. The van der Waals surface area contributed by atoms with Crippen LogP contribution in [0.4, 0.5) is 17.1 Å². The van der Waals surface area contributed by atoms with Gasteiger partial charge >= 0.3 is 248 Å². The van der Waals surface area contributed by atoms with Gasteiger partial charge in [0.15, 0.2) is 0 Å². The first-order valence-electron chi connectivity index (χ1n) is 23.0. The van der Waals surface area contributed by atoms with Gasteiger partial charge in [-0.05, 0) is 35.9 Å². The van der Waals surface area contributed by atoms with Crippen LogP contribution in [0.2, 0.25) is 0 Å². The zero-order valence-corrected chi connectivity index (χ0v) is 40.6. The van der Waals surface area contributed by atoms with Gasteiger partial charge in [0.05, 0.1) is 0 Å². The van der Waals surface area contributed by atoms with Crippen molar-refractivity contribution in [2.75, 3.05) is 14.8 Å². The van der Waals surface area contributed by atoms with Crippen LogP contribution in [-0.2, 0) is 15.3 Å². The zero-order chi connectivity index (χ0) is 44.9. The third kappa shape index (κ3) is 6.49. The van der Waals surface area contributed by atoms with E-state index in [2.05, 4.69) is 224 Å². The molecule has 322 valence electrons. The molecule has 0 saturated carbocycles. The Morgan fingerprint density at radius 2 is 0.939 bits per heavy atom. The van der Waals surface area contributed by atoms with Gasteiger partial charge in [-0.1, -0.05) is 66.7 Å². The first-order chi connectivity index (χ1) is 32.0. The summed E-state index contributed by atoms with van der Waals surface area (Å²) in [6, 6.07) is 71.9. The average Bonchev–Trinajstić information content (AvgIpc) is 3.91. The summed E-state index contributed by atoms with van der Waals surface area (Å²) in [5, 5.41) is 2.29. The molecule has 2 aliphatic carbocycles. The molecule has 0 unspecified atom stereocenters. The minimum absolute atomic E-state index is 0.0512.